The molecule has 0 radical (unpaired) electrons. The lowest BCUT2D eigenvalue weighted by Gasteiger charge is -2.09. The molecule has 1 rings (SSSR count). The van der Waals surface area contributed by atoms with E-state index in [1.807, 2.05) is 0 Å². The summed E-state index contributed by atoms with van der Waals surface area (Å²) in [5.41, 5.74) is 0. The van der Waals surface area contributed by atoms with Crippen molar-refractivity contribution >= 4 is 6.15 Å². The second-order valence-corrected chi connectivity index (χ2v) is 2.47. The molecule has 0 aromatic heterocycles. The summed E-state index contributed by atoms with van der Waals surface area (Å²) in [4.78, 5) is 16.2. The lowest BCUT2D eigenvalue weighted by atomic mass is 9.97. The zero-order valence-corrected chi connectivity index (χ0v) is 6.17. The molecule has 0 saturated carbocycles. The smallest absolute Gasteiger partial charge is 0.186 e. The van der Waals surface area contributed by atoms with Gasteiger partial charge in [0, 0.05) is 0 Å². The van der Waals surface area contributed by atoms with E-state index in [4.69, 9.17) is 9.59 Å². The molecule has 2 nitrogen and oxygen atoms in total. The minimum atomic E-state index is 0.250. The van der Waals surface area contributed by atoms with Crippen molar-refractivity contribution in [3.63, 3.8) is 0 Å². The van der Waals surface area contributed by atoms with E-state index in [1.165, 1.54) is 19.3 Å². The molecule has 0 heterocycles. The van der Waals surface area contributed by atoms with Gasteiger partial charge in [0.1, 0.15) is 0 Å². The van der Waals surface area contributed by atoms with Crippen LogP contribution in [0, 0.1) is 5.92 Å². The lowest BCUT2D eigenvalue weighted by Crippen LogP contribution is -1.94. The van der Waals surface area contributed by atoms with E-state index < -0.39 is 0 Å². The lowest BCUT2D eigenvalue weighted by molar-refractivity contribution is -0.191. The molecule has 0 aromatic rings. The Balaban J connectivity index is 0.000000236. The van der Waals surface area contributed by atoms with Crippen LogP contribution in [0.15, 0.2) is 12.2 Å². The van der Waals surface area contributed by atoms with Gasteiger partial charge >= 0.3 is 6.15 Å². The largest absolute Gasteiger partial charge is 0.373 e. The molecule has 0 aromatic carbocycles. The zero-order chi connectivity index (χ0) is 7.82. The monoisotopic (exact) mass is 140 g/mol. The number of allylic oxidation sites excluding steroid dienone is 2. The molecule has 1 atom stereocenters. The van der Waals surface area contributed by atoms with Crippen LogP contribution >= 0.6 is 0 Å². The molecule has 1 aliphatic carbocycles. The summed E-state index contributed by atoms with van der Waals surface area (Å²) in [6, 6.07) is 0. The Morgan fingerprint density at radius 3 is 2.20 bits per heavy atom. The Hall–Kier alpha value is -0.880. The molecule has 0 N–H and O–H groups in total. The van der Waals surface area contributed by atoms with Crippen molar-refractivity contribution in [1.29, 1.82) is 0 Å². The molecule has 0 amide bonds. The van der Waals surface area contributed by atoms with Crippen LogP contribution in [-0.4, -0.2) is 6.15 Å². The van der Waals surface area contributed by atoms with Crippen LogP contribution < -0.4 is 0 Å². The van der Waals surface area contributed by atoms with Crippen molar-refractivity contribution in [1.82, 2.24) is 0 Å². The first-order chi connectivity index (χ1) is 4.81. The van der Waals surface area contributed by atoms with Crippen LogP contribution in [0.4, 0.5) is 0 Å². The molecule has 0 bridgehead atoms. The summed E-state index contributed by atoms with van der Waals surface area (Å²) in [5, 5.41) is 0. The average molecular weight is 140 g/mol. The first-order valence-corrected chi connectivity index (χ1v) is 3.45. The maximum absolute atomic E-state index is 8.12. The van der Waals surface area contributed by atoms with E-state index in [1.54, 1.807) is 0 Å². The fourth-order valence-electron chi connectivity index (χ4n) is 0.945. The number of carbonyl (C=O) groups excluding carboxylic acids is 2. The number of rotatable bonds is 0. The molecule has 0 unspecified atom stereocenters. The van der Waals surface area contributed by atoms with Gasteiger partial charge in [0.15, 0.2) is 0 Å². The van der Waals surface area contributed by atoms with Gasteiger partial charge in [-0.2, -0.15) is 9.59 Å². The summed E-state index contributed by atoms with van der Waals surface area (Å²) < 4.78 is 0. The standard InChI is InChI=1S/C7H12.CO2/c1-7-5-3-2-4-6-7;2-1-3/h2-3,7H,4-6H2,1H3;/t7-;/m1./s1. The third kappa shape index (κ3) is 5.26. The van der Waals surface area contributed by atoms with Crippen LogP contribution in [0.1, 0.15) is 26.2 Å². The molecule has 1 aliphatic rings. The van der Waals surface area contributed by atoms with Crippen LogP contribution in [-0.2, 0) is 9.59 Å². The van der Waals surface area contributed by atoms with Crippen LogP contribution in [0.3, 0.4) is 0 Å². The Bertz CT molecular complexity index is 132. The van der Waals surface area contributed by atoms with Gasteiger partial charge in [0.25, 0.3) is 0 Å². The highest BCUT2D eigenvalue weighted by Gasteiger charge is 2.00. The van der Waals surface area contributed by atoms with Crippen LogP contribution in [0.25, 0.3) is 0 Å². The molecule has 0 aliphatic heterocycles. The molecule has 10 heavy (non-hydrogen) atoms. The van der Waals surface area contributed by atoms with E-state index in [-0.39, 0.29) is 6.15 Å². The average Bonchev–Trinajstić information content (AvgIpc) is 1.91. The molecular weight excluding hydrogens is 128 g/mol. The van der Waals surface area contributed by atoms with Gasteiger partial charge in [-0.3, -0.25) is 0 Å². The number of hydrogen-bond donors (Lipinski definition) is 0. The van der Waals surface area contributed by atoms with Crippen molar-refractivity contribution in [2.24, 2.45) is 5.92 Å². The molecule has 2 heteroatoms. The van der Waals surface area contributed by atoms with Crippen LogP contribution in [0.2, 0.25) is 0 Å². The van der Waals surface area contributed by atoms with Gasteiger partial charge in [-0.05, 0) is 25.2 Å². The molecule has 0 spiro atoms. The fourth-order valence-corrected chi connectivity index (χ4v) is 0.945. The van der Waals surface area contributed by atoms with Crippen molar-refractivity contribution in [2.75, 3.05) is 0 Å². The second-order valence-electron chi connectivity index (χ2n) is 2.47. The van der Waals surface area contributed by atoms with Crippen molar-refractivity contribution < 1.29 is 9.59 Å². The Kier molecular flexibility index (Phi) is 5.69. The normalized spacial score (nSPS) is 22.3. The highest BCUT2D eigenvalue weighted by molar-refractivity contribution is 5.20. The SMILES string of the molecule is C[C@@H]1CC=CCC1.O=C=O. The maximum atomic E-state index is 8.12. The van der Waals surface area contributed by atoms with E-state index in [0.29, 0.717) is 0 Å². The number of hydrogen-bond acceptors (Lipinski definition) is 2. The summed E-state index contributed by atoms with van der Waals surface area (Å²) in [5.74, 6) is 0.949. The Morgan fingerprint density at radius 1 is 1.40 bits per heavy atom. The summed E-state index contributed by atoms with van der Waals surface area (Å²) in [6.45, 7) is 2.31. The van der Waals surface area contributed by atoms with Gasteiger partial charge in [-0.25, -0.2) is 0 Å². The molecule has 0 saturated heterocycles. The summed E-state index contributed by atoms with van der Waals surface area (Å²) >= 11 is 0. The predicted molar refractivity (Wildman–Crippen MR) is 37.2 cm³/mol. The van der Waals surface area contributed by atoms with E-state index in [2.05, 4.69) is 19.1 Å². The third-order valence-electron chi connectivity index (χ3n) is 1.53. The maximum Gasteiger partial charge on any atom is 0.373 e. The van der Waals surface area contributed by atoms with Crippen molar-refractivity contribution in [2.45, 2.75) is 26.2 Å². The first-order valence-electron chi connectivity index (χ1n) is 3.45. The van der Waals surface area contributed by atoms with E-state index in [0.717, 1.165) is 5.92 Å². The van der Waals surface area contributed by atoms with Crippen molar-refractivity contribution in [3.05, 3.63) is 12.2 Å². The minimum Gasteiger partial charge on any atom is -0.186 e. The Morgan fingerprint density at radius 2 is 2.00 bits per heavy atom. The molecule has 56 valence electrons. The van der Waals surface area contributed by atoms with E-state index in [9.17, 15) is 0 Å². The minimum absolute atomic E-state index is 0.250. The summed E-state index contributed by atoms with van der Waals surface area (Å²) in [6.07, 6.45) is 8.83. The van der Waals surface area contributed by atoms with Gasteiger partial charge in [-0.15, -0.1) is 0 Å². The van der Waals surface area contributed by atoms with Gasteiger partial charge in [0.05, 0.1) is 0 Å². The zero-order valence-electron chi connectivity index (χ0n) is 6.17. The third-order valence-corrected chi connectivity index (χ3v) is 1.53. The fraction of sp³-hybridized carbons (Fsp3) is 0.625. The van der Waals surface area contributed by atoms with Gasteiger partial charge < -0.3 is 0 Å². The highest BCUT2D eigenvalue weighted by atomic mass is 16.2. The van der Waals surface area contributed by atoms with Crippen LogP contribution in [0.5, 0.6) is 0 Å². The van der Waals surface area contributed by atoms with Gasteiger partial charge in [-0.1, -0.05) is 19.1 Å². The Labute approximate surface area is 60.9 Å². The molecular formula is C8H12O2. The quantitative estimate of drug-likeness (QED) is 0.480. The topological polar surface area (TPSA) is 34.1 Å². The van der Waals surface area contributed by atoms with Gasteiger partial charge in [0.2, 0.25) is 0 Å². The van der Waals surface area contributed by atoms with Crippen molar-refractivity contribution in [3.8, 4) is 0 Å². The first kappa shape index (κ1) is 9.12. The highest BCUT2D eigenvalue weighted by Crippen LogP contribution is 2.15. The van der Waals surface area contributed by atoms with E-state index >= 15 is 0 Å². The molecule has 0 fully saturated rings. The summed E-state index contributed by atoms with van der Waals surface area (Å²) in [7, 11) is 0. The second kappa shape index (κ2) is 6.24. The predicted octanol–water partition coefficient (Wildman–Crippen LogP) is 1.78.